The largest absolute Gasteiger partial charge is 0.484 e. The van der Waals surface area contributed by atoms with Crippen LogP contribution in [0.3, 0.4) is 0 Å². The Kier molecular flexibility index (Phi) is 8.69. The number of rotatable bonds is 9. The van der Waals surface area contributed by atoms with E-state index >= 15 is 0 Å². The molecule has 3 rings (SSSR count). The molecule has 0 spiro atoms. The first-order valence-corrected chi connectivity index (χ1v) is 11.8. The quantitative estimate of drug-likeness (QED) is 0.472. The zero-order valence-electron chi connectivity index (χ0n) is 17.7. The lowest BCUT2D eigenvalue weighted by atomic mass is 10.1. The highest BCUT2D eigenvalue weighted by atomic mass is 127. The molecule has 0 saturated heterocycles. The molecule has 166 valence electrons. The predicted octanol–water partition coefficient (Wildman–Crippen LogP) is 4.68. The van der Waals surface area contributed by atoms with Gasteiger partial charge in [-0.05, 0) is 83.8 Å². The number of halogens is 2. The third-order valence-corrected chi connectivity index (χ3v) is 6.25. The summed E-state index contributed by atoms with van der Waals surface area (Å²) in [6, 6.07) is 13.0. The SMILES string of the molecule is CC[C@@H](C(=O)NC1CCCC1)N(Cc1ccc(F)cc1)C(=O)COc1ccc(I)cc1. The fourth-order valence-corrected chi connectivity index (χ4v) is 4.19. The summed E-state index contributed by atoms with van der Waals surface area (Å²) in [5.41, 5.74) is 0.760. The topological polar surface area (TPSA) is 58.6 Å². The minimum atomic E-state index is -0.613. The van der Waals surface area contributed by atoms with Gasteiger partial charge in [-0.1, -0.05) is 31.9 Å². The van der Waals surface area contributed by atoms with Gasteiger partial charge in [0, 0.05) is 16.2 Å². The summed E-state index contributed by atoms with van der Waals surface area (Å²) in [5, 5.41) is 3.11. The highest BCUT2D eigenvalue weighted by Crippen LogP contribution is 2.20. The minimum absolute atomic E-state index is 0.140. The third kappa shape index (κ3) is 6.92. The molecule has 0 unspecified atom stereocenters. The van der Waals surface area contributed by atoms with Crippen LogP contribution in [0.2, 0.25) is 0 Å². The van der Waals surface area contributed by atoms with E-state index in [1.54, 1.807) is 17.0 Å². The van der Waals surface area contributed by atoms with Crippen molar-refractivity contribution in [2.75, 3.05) is 6.61 Å². The van der Waals surface area contributed by atoms with Crippen molar-refractivity contribution < 1.29 is 18.7 Å². The van der Waals surface area contributed by atoms with Crippen molar-refractivity contribution in [2.45, 2.75) is 57.7 Å². The molecule has 0 aromatic heterocycles. The summed E-state index contributed by atoms with van der Waals surface area (Å²) in [5.74, 6) is -0.163. The number of carbonyl (C=O) groups excluding carboxylic acids is 2. The van der Waals surface area contributed by atoms with E-state index in [2.05, 4.69) is 27.9 Å². The lowest BCUT2D eigenvalue weighted by molar-refractivity contribution is -0.143. The molecule has 2 aromatic rings. The second-order valence-electron chi connectivity index (χ2n) is 7.80. The highest BCUT2D eigenvalue weighted by molar-refractivity contribution is 14.1. The summed E-state index contributed by atoms with van der Waals surface area (Å²) in [4.78, 5) is 27.7. The lowest BCUT2D eigenvalue weighted by Crippen LogP contribution is -2.52. The van der Waals surface area contributed by atoms with Gasteiger partial charge in [0.2, 0.25) is 5.91 Å². The molecule has 1 saturated carbocycles. The number of benzene rings is 2. The molecule has 0 bridgehead atoms. The van der Waals surface area contributed by atoms with E-state index in [-0.39, 0.29) is 36.8 Å². The van der Waals surface area contributed by atoms with Gasteiger partial charge in [0.15, 0.2) is 6.61 Å². The van der Waals surface area contributed by atoms with Crippen LogP contribution >= 0.6 is 22.6 Å². The van der Waals surface area contributed by atoms with Gasteiger partial charge in [-0.3, -0.25) is 9.59 Å². The molecule has 0 aliphatic heterocycles. The number of hydrogen-bond acceptors (Lipinski definition) is 3. The predicted molar refractivity (Wildman–Crippen MR) is 126 cm³/mol. The average Bonchev–Trinajstić information content (AvgIpc) is 3.27. The second kappa shape index (κ2) is 11.5. The van der Waals surface area contributed by atoms with Crippen molar-refractivity contribution in [3.63, 3.8) is 0 Å². The number of amides is 2. The zero-order valence-corrected chi connectivity index (χ0v) is 19.8. The van der Waals surface area contributed by atoms with Crippen molar-refractivity contribution in [3.05, 3.63) is 63.5 Å². The second-order valence-corrected chi connectivity index (χ2v) is 9.05. The molecule has 1 fully saturated rings. The van der Waals surface area contributed by atoms with Gasteiger partial charge in [-0.2, -0.15) is 0 Å². The van der Waals surface area contributed by atoms with Crippen molar-refractivity contribution in [1.82, 2.24) is 10.2 Å². The van der Waals surface area contributed by atoms with E-state index in [0.717, 1.165) is 34.8 Å². The Balaban J connectivity index is 1.74. The van der Waals surface area contributed by atoms with Gasteiger partial charge >= 0.3 is 0 Å². The molecule has 31 heavy (non-hydrogen) atoms. The lowest BCUT2D eigenvalue weighted by Gasteiger charge is -2.31. The summed E-state index contributed by atoms with van der Waals surface area (Å²) in [6.45, 7) is 1.94. The van der Waals surface area contributed by atoms with Crippen LogP contribution in [0.1, 0.15) is 44.6 Å². The minimum Gasteiger partial charge on any atom is -0.484 e. The van der Waals surface area contributed by atoms with Gasteiger partial charge in [0.05, 0.1) is 0 Å². The van der Waals surface area contributed by atoms with E-state index in [9.17, 15) is 14.0 Å². The summed E-state index contributed by atoms with van der Waals surface area (Å²) >= 11 is 2.20. The first-order valence-electron chi connectivity index (χ1n) is 10.7. The Morgan fingerprint density at radius 1 is 1.13 bits per heavy atom. The molecule has 1 aliphatic rings. The maximum Gasteiger partial charge on any atom is 0.261 e. The molecule has 7 heteroatoms. The molecule has 2 aromatic carbocycles. The smallest absolute Gasteiger partial charge is 0.261 e. The van der Waals surface area contributed by atoms with E-state index in [1.165, 1.54) is 12.1 Å². The fraction of sp³-hybridized carbons (Fsp3) is 0.417. The summed E-state index contributed by atoms with van der Waals surface area (Å²) in [6.07, 6.45) is 4.66. The standard InChI is InChI=1S/C24H28FIN2O3/c1-2-22(24(30)27-20-5-3-4-6-20)28(15-17-7-9-18(25)10-8-17)23(29)16-31-21-13-11-19(26)12-14-21/h7-14,20,22H,2-6,15-16H2,1H3,(H,27,30)/t22-/m0/s1. The van der Waals surface area contributed by atoms with Crippen LogP contribution in [0.15, 0.2) is 48.5 Å². The van der Waals surface area contributed by atoms with Crippen LogP contribution in [0.4, 0.5) is 4.39 Å². The van der Waals surface area contributed by atoms with Crippen molar-refractivity contribution >= 4 is 34.4 Å². The third-order valence-electron chi connectivity index (χ3n) is 5.53. The van der Waals surface area contributed by atoms with Gasteiger partial charge in [-0.15, -0.1) is 0 Å². The van der Waals surface area contributed by atoms with E-state index < -0.39 is 6.04 Å². The van der Waals surface area contributed by atoms with Crippen molar-refractivity contribution in [2.24, 2.45) is 0 Å². The normalized spacial score (nSPS) is 14.8. The average molecular weight is 538 g/mol. The van der Waals surface area contributed by atoms with Crippen LogP contribution in [-0.2, 0) is 16.1 Å². The summed E-state index contributed by atoms with van der Waals surface area (Å²) < 4.78 is 20.1. The molecule has 1 aliphatic carbocycles. The maximum absolute atomic E-state index is 13.3. The Morgan fingerprint density at radius 3 is 2.39 bits per heavy atom. The molecule has 0 heterocycles. The molecule has 5 nitrogen and oxygen atoms in total. The maximum atomic E-state index is 13.3. The molecule has 1 N–H and O–H groups in total. The molecule has 1 atom stereocenters. The highest BCUT2D eigenvalue weighted by Gasteiger charge is 2.30. The van der Waals surface area contributed by atoms with Crippen LogP contribution < -0.4 is 10.1 Å². The Hall–Kier alpha value is -2.16. The van der Waals surface area contributed by atoms with E-state index in [1.807, 2.05) is 31.2 Å². The van der Waals surface area contributed by atoms with Crippen LogP contribution in [-0.4, -0.2) is 35.4 Å². The number of ether oxygens (including phenoxy) is 1. The van der Waals surface area contributed by atoms with Crippen molar-refractivity contribution in [1.29, 1.82) is 0 Å². The van der Waals surface area contributed by atoms with E-state index in [4.69, 9.17) is 4.74 Å². The Labute approximate surface area is 196 Å². The molecule has 0 radical (unpaired) electrons. The fourth-order valence-electron chi connectivity index (χ4n) is 3.83. The molecular formula is C24H28FIN2O3. The Bertz CT molecular complexity index is 867. The molecule has 2 amide bonds. The van der Waals surface area contributed by atoms with Gasteiger partial charge in [0.25, 0.3) is 5.91 Å². The number of hydrogen-bond donors (Lipinski definition) is 1. The zero-order chi connectivity index (χ0) is 22.2. The summed E-state index contributed by atoms with van der Waals surface area (Å²) in [7, 11) is 0. The molecular weight excluding hydrogens is 510 g/mol. The number of nitrogens with one attached hydrogen (secondary N) is 1. The van der Waals surface area contributed by atoms with Crippen LogP contribution in [0.5, 0.6) is 5.75 Å². The van der Waals surface area contributed by atoms with Gasteiger partial charge in [-0.25, -0.2) is 4.39 Å². The van der Waals surface area contributed by atoms with E-state index in [0.29, 0.717) is 12.2 Å². The van der Waals surface area contributed by atoms with Crippen LogP contribution in [0, 0.1) is 9.39 Å². The number of carbonyl (C=O) groups is 2. The van der Waals surface area contributed by atoms with Gasteiger partial charge < -0.3 is 15.0 Å². The first kappa shape index (κ1) is 23.5. The van der Waals surface area contributed by atoms with Crippen LogP contribution in [0.25, 0.3) is 0 Å². The van der Waals surface area contributed by atoms with Gasteiger partial charge in [0.1, 0.15) is 17.6 Å². The monoisotopic (exact) mass is 538 g/mol. The first-order chi connectivity index (χ1) is 15.0. The Morgan fingerprint density at radius 2 is 1.77 bits per heavy atom. The van der Waals surface area contributed by atoms with Crippen molar-refractivity contribution in [3.8, 4) is 5.75 Å². The number of nitrogens with zero attached hydrogens (tertiary/aromatic N) is 1.